The lowest BCUT2D eigenvalue weighted by Gasteiger charge is -2.16. The van der Waals surface area contributed by atoms with Crippen molar-refractivity contribution in [2.24, 2.45) is 4.99 Å². The van der Waals surface area contributed by atoms with Crippen LogP contribution in [0.3, 0.4) is 0 Å². The fourth-order valence-corrected chi connectivity index (χ4v) is 2.23. The van der Waals surface area contributed by atoms with E-state index < -0.39 is 0 Å². The summed E-state index contributed by atoms with van der Waals surface area (Å²) in [5.74, 6) is 0.770. The zero-order valence-corrected chi connectivity index (χ0v) is 14.3. The molecule has 0 bridgehead atoms. The average molecular weight is 311 g/mol. The minimum atomic E-state index is 0.652. The second-order valence-corrected chi connectivity index (χ2v) is 5.61. The summed E-state index contributed by atoms with van der Waals surface area (Å²) in [5.41, 5.74) is 4.73. The van der Waals surface area contributed by atoms with Crippen LogP contribution < -0.4 is 15.5 Å². The molecule has 0 spiro atoms. The molecule has 0 fully saturated rings. The summed E-state index contributed by atoms with van der Waals surface area (Å²) in [6, 6.07) is 12.4. The summed E-state index contributed by atoms with van der Waals surface area (Å²) in [4.78, 5) is 10.7. The largest absolute Gasteiger partial charge is 0.378 e. The van der Waals surface area contributed by atoms with Crippen molar-refractivity contribution in [1.29, 1.82) is 0 Å². The van der Waals surface area contributed by atoms with Crippen LogP contribution in [0.25, 0.3) is 0 Å². The third-order valence-corrected chi connectivity index (χ3v) is 3.68. The molecule has 0 unspecified atom stereocenters. The highest BCUT2D eigenvalue weighted by atomic mass is 15.2. The van der Waals surface area contributed by atoms with Gasteiger partial charge in [0.2, 0.25) is 0 Å². The van der Waals surface area contributed by atoms with E-state index in [0.29, 0.717) is 6.54 Å². The molecule has 5 nitrogen and oxygen atoms in total. The highest BCUT2D eigenvalue weighted by Gasteiger charge is 2.04. The lowest BCUT2D eigenvalue weighted by molar-refractivity contribution is 0.792. The first-order valence-corrected chi connectivity index (χ1v) is 7.71. The van der Waals surface area contributed by atoms with Gasteiger partial charge in [-0.3, -0.25) is 9.98 Å². The number of nitrogens with one attached hydrogen (secondary N) is 2. The topological polar surface area (TPSA) is 52.6 Å². The fraction of sp³-hybridized carbons (Fsp3) is 0.333. The molecule has 0 saturated heterocycles. The highest BCUT2D eigenvalue weighted by molar-refractivity contribution is 5.79. The Balaban J connectivity index is 1.90. The van der Waals surface area contributed by atoms with Gasteiger partial charge in [-0.05, 0) is 42.3 Å². The molecular formula is C18H25N5. The summed E-state index contributed by atoms with van der Waals surface area (Å²) in [5, 5.41) is 6.62. The minimum absolute atomic E-state index is 0.652. The van der Waals surface area contributed by atoms with Gasteiger partial charge in [0.25, 0.3) is 0 Å². The molecule has 0 aliphatic rings. The van der Waals surface area contributed by atoms with Gasteiger partial charge in [0.05, 0.1) is 12.2 Å². The van der Waals surface area contributed by atoms with Crippen molar-refractivity contribution in [2.75, 3.05) is 26.0 Å². The molecule has 0 radical (unpaired) electrons. The Bertz CT molecular complexity index is 650. The predicted molar refractivity (Wildman–Crippen MR) is 96.8 cm³/mol. The SMILES string of the molecule is CN=C(NCc1ccccn1)NCc1ccc(N(C)C)cc1C. The Morgan fingerprint density at radius 3 is 2.52 bits per heavy atom. The molecular weight excluding hydrogens is 286 g/mol. The molecule has 2 rings (SSSR count). The summed E-state index contributed by atoms with van der Waals surface area (Å²) < 4.78 is 0. The van der Waals surface area contributed by atoms with Crippen molar-refractivity contribution in [3.8, 4) is 0 Å². The summed E-state index contributed by atoms with van der Waals surface area (Å²) >= 11 is 0. The van der Waals surface area contributed by atoms with Crippen LogP contribution in [0, 0.1) is 6.92 Å². The van der Waals surface area contributed by atoms with Crippen molar-refractivity contribution in [3.05, 3.63) is 59.4 Å². The maximum Gasteiger partial charge on any atom is 0.191 e. The lowest BCUT2D eigenvalue weighted by atomic mass is 10.1. The van der Waals surface area contributed by atoms with E-state index in [2.05, 4.69) is 64.7 Å². The van der Waals surface area contributed by atoms with Gasteiger partial charge in [-0.2, -0.15) is 0 Å². The minimum Gasteiger partial charge on any atom is -0.378 e. The highest BCUT2D eigenvalue weighted by Crippen LogP contribution is 2.17. The van der Waals surface area contributed by atoms with Crippen LogP contribution in [0.15, 0.2) is 47.6 Å². The van der Waals surface area contributed by atoms with E-state index in [9.17, 15) is 0 Å². The molecule has 0 amide bonds. The first-order chi connectivity index (χ1) is 11.1. The van der Waals surface area contributed by atoms with Crippen LogP contribution in [-0.2, 0) is 13.1 Å². The number of anilines is 1. The van der Waals surface area contributed by atoms with E-state index in [1.807, 2.05) is 18.2 Å². The van der Waals surface area contributed by atoms with Gasteiger partial charge < -0.3 is 15.5 Å². The molecule has 0 atom stereocenters. The van der Waals surface area contributed by atoms with Crippen molar-refractivity contribution in [1.82, 2.24) is 15.6 Å². The normalized spacial score (nSPS) is 11.2. The molecule has 5 heteroatoms. The number of pyridine rings is 1. The number of rotatable bonds is 5. The number of nitrogens with zero attached hydrogens (tertiary/aromatic N) is 3. The van der Waals surface area contributed by atoms with Gasteiger partial charge in [-0.1, -0.05) is 12.1 Å². The third-order valence-electron chi connectivity index (χ3n) is 3.68. The van der Waals surface area contributed by atoms with E-state index in [0.717, 1.165) is 18.2 Å². The molecule has 0 aliphatic heterocycles. The molecule has 0 saturated carbocycles. The number of benzene rings is 1. The van der Waals surface area contributed by atoms with E-state index in [1.165, 1.54) is 16.8 Å². The maximum absolute atomic E-state index is 4.29. The number of aryl methyl sites for hydroxylation is 1. The van der Waals surface area contributed by atoms with Crippen LogP contribution >= 0.6 is 0 Å². The van der Waals surface area contributed by atoms with Crippen LogP contribution in [0.5, 0.6) is 0 Å². The number of hydrogen-bond donors (Lipinski definition) is 2. The number of guanidine groups is 1. The molecule has 1 aromatic heterocycles. The van der Waals surface area contributed by atoms with Gasteiger partial charge in [-0.15, -0.1) is 0 Å². The van der Waals surface area contributed by atoms with Crippen LogP contribution in [0.4, 0.5) is 5.69 Å². The van der Waals surface area contributed by atoms with Crippen LogP contribution in [0.1, 0.15) is 16.8 Å². The zero-order valence-electron chi connectivity index (χ0n) is 14.3. The molecule has 1 heterocycles. The van der Waals surface area contributed by atoms with Gasteiger partial charge in [0, 0.05) is 39.6 Å². The summed E-state index contributed by atoms with van der Waals surface area (Å²) in [6.45, 7) is 3.52. The van der Waals surface area contributed by atoms with Crippen LogP contribution in [-0.4, -0.2) is 32.1 Å². The van der Waals surface area contributed by atoms with E-state index >= 15 is 0 Å². The number of aromatic nitrogens is 1. The monoisotopic (exact) mass is 311 g/mol. The van der Waals surface area contributed by atoms with Crippen LogP contribution in [0.2, 0.25) is 0 Å². The maximum atomic E-state index is 4.29. The second-order valence-electron chi connectivity index (χ2n) is 5.61. The average Bonchev–Trinajstić information content (AvgIpc) is 2.57. The quantitative estimate of drug-likeness (QED) is 0.657. The van der Waals surface area contributed by atoms with Gasteiger partial charge in [0.1, 0.15) is 0 Å². The number of hydrogen-bond acceptors (Lipinski definition) is 3. The Labute approximate surface area is 138 Å². The van der Waals surface area contributed by atoms with E-state index in [4.69, 9.17) is 0 Å². The third kappa shape index (κ3) is 4.98. The predicted octanol–water partition coefficient (Wildman–Crippen LogP) is 2.32. The molecule has 122 valence electrons. The van der Waals surface area contributed by atoms with Crippen molar-refractivity contribution in [2.45, 2.75) is 20.0 Å². The Kier molecular flexibility index (Phi) is 5.97. The van der Waals surface area contributed by atoms with Crippen molar-refractivity contribution in [3.63, 3.8) is 0 Å². The van der Waals surface area contributed by atoms with E-state index in [-0.39, 0.29) is 0 Å². The molecule has 0 aliphatic carbocycles. The number of aliphatic imine (C=N–C) groups is 1. The van der Waals surface area contributed by atoms with Gasteiger partial charge >= 0.3 is 0 Å². The van der Waals surface area contributed by atoms with Gasteiger partial charge in [0.15, 0.2) is 5.96 Å². The molecule has 2 N–H and O–H groups in total. The fourth-order valence-electron chi connectivity index (χ4n) is 2.23. The van der Waals surface area contributed by atoms with Crippen molar-refractivity contribution < 1.29 is 0 Å². The zero-order chi connectivity index (χ0) is 16.7. The Hall–Kier alpha value is -2.56. The first kappa shape index (κ1) is 16.8. The Morgan fingerprint density at radius 1 is 1.13 bits per heavy atom. The lowest BCUT2D eigenvalue weighted by Crippen LogP contribution is -2.36. The summed E-state index contributed by atoms with van der Waals surface area (Å²) in [7, 11) is 5.88. The molecule has 2 aromatic rings. The Morgan fingerprint density at radius 2 is 1.91 bits per heavy atom. The van der Waals surface area contributed by atoms with E-state index in [1.54, 1.807) is 13.2 Å². The first-order valence-electron chi connectivity index (χ1n) is 7.71. The van der Waals surface area contributed by atoms with Crippen molar-refractivity contribution >= 4 is 11.6 Å². The molecule has 1 aromatic carbocycles. The van der Waals surface area contributed by atoms with Gasteiger partial charge in [-0.25, -0.2) is 0 Å². The standard InChI is InChI=1S/C18H25N5/c1-14-11-17(23(3)4)9-8-15(14)12-21-18(19-2)22-13-16-7-5-6-10-20-16/h5-11H,12-13H2,1-4H3,(H2,19,21,22). The second kappa shape index (κ2) is 8.17. The summed E-state index contributed by atoms with van der Waals surface area (Å²) in [6.07, 6.45) is 1.79. The molecule has 23 heavy (non-hydrogen) atoms. The smallest absolute Gasteiger partial charge is 0.191 e.